The number of rotatable bonds is 8. The molecule has 0 amide bonds. The molecule has 3 aromatic rings. The number of hydrogen-bond donors (Lipinski definition) is 0. The highest BCUT2D eigenvalue weighted by Gasteiger charge is 2.33. The zero-order chi connectivity index (χ0) is 27.6. The molecule has 0 fully saturated rings. The molecule has 7 nitrogen and oxygen atoms in total. The van der Waals surface area contributed by atoms with Gasteiger partial charge in [0.25, 0.3) is 5.56 Å². The van der Waals surface area contributed by atoms with Gasteiger partial charge in [-0.05, 0) is 86.5 Å². The van der Waals surface area contributed by atoms with Crippen LogP contribution in [0.3, 0.4) is 0 Å². The van der Waals surface area contributed by atoms with Crippen LogP contribution in [0.4, 0.5) is 0 Å². The van der Waals surface area contributed by atoms with E-state index in [1.807, 2.05) is 45.0 Å². The Morgan fingerprint density at radius 2 is 1.92 bits per heavy atom. The molecule has 2 heterocycles. The Bertz CT molecular complexity index is 1570. The van der Waals surface area contributed by atoms with Crippen molar-refractivity contribution in [1.29, 1.82) is 0 Å². The first-order valence-electron chi connectivity index (χ1n) is 12.2. The number of esters is 1. The molecule has 0 unspecified atom stereocenters. The van der Waals surface area contributed by atoms with E-state index >= 15 is 0 Å². The summed E-state index contributed by atoms with van der Waals surface area (Å²) in [5.74, 6) is 0.779. The molecule has 0 N–H and O–H groups in total. The van der Waals surface area contributed by atoms with Crippen LogP contribution in [0.15, 0.2) is 61.9 Å². The number of ether oxygens (including phenoxy) is 3. The smallest absolute Gasteiger partial charge is 0.338 e. The molecule has 0 aliphatic carbocycles. The van der Waals surface area contributed by atoms with Gasteiger partial charge < -0.3 is 14.2 Å². The second-order valence-electron chi connectivity index (χ2n) is 8.78. The fraction of sp³-hybridized carbons (Fsp3) is 0.321. The molecule has 4 rings (SSSR count). The minimum Gasteiger partial charge on any atom is -0.494 e. The highest BCUT2D eigenvalue weighted by molar-refractivity contribution is 9.10. The Morgan fingerprint density at radius 3 is 2.55 bits per heavy atom. The summed E-state index contributed by atoms with van der Waals surface area (Å²) in [6.45, 7) is 10.0. The SMILES string of the molecule is CCOC(=O)C1=C(C)N=c2s/c(=C\c3cc(Cl)cc(Br)c3OC(C)C)c(=O)n2[C@H]1c1ccc(OCC)cc1. The van der Waals surface area contributed by atoms with E-state index in [4.69, 9.17) is 25.8 Å². The fourth-order valence-electron chi connectivity index (χ4n) is 4.21. The molecule has 10 heteroatoms. The van der Waals surface area contributed by atoms with E-state index in [2.05, 4.69) is 20.9 Å². The molecule has 0 saturated heterocycles. The molecule has 0 spiro atoms. The summed E-state index contributed by atoms with van der Waals surface area (Å²) in [6.07, 6.45) is 1.66. The van der Waals surface area contributed by atoms with Crippen LogP contribution in [-0.2, 0) is 9.53 Å². The van der Waals surface area contributed by atoms with E-state index in [9.17, 15) is 9.59 Å². The maximum absolute atomic E-state index is 13.9. The average Bonchev–Trinajstić information content (AvgIpc) is 3.15. The summed E-state index contributed by atoms with van der Waals surface area (Å²) >= 11 is 11.1. The quantitative estimate of drug-likeness (QED) is 0.316. The highest BCUT2D eigenvalue weighted by Crippen LogP contribution is 2.34. The first kappa shape index (κ1) is 28.1. The van der Waals surface area contributed by atoms with Gasteiger partial charge in [0.2, 0.25) is 0 Å². The second kappa shape index (κ2) is 11.9. The second-order valence-corrected chi connectivity index (χ2v) is 11.1. The van der Waals surface area contributed by atoms with E-state index in [1.54, 1.807) is 36.6 Å². The number of benzene rings is 2. The van der Waals surface area contributed by atoms with Gasteiger partial charge in [-0.25, -0.2) is 9.79 Å². The third kappa shape index (κ3) is 5.75. The van der Waals surface area contributed by atoms with E-state index in [-0.39, 0.29) is 18.3 Å². The van der Waals surface area contributed by atoms with E-state index in [0.29, 0.717) is 53.8 Å². The van der Waals surface area contributed by atoms with Crippen LogP contribution in [0, 0.1) is 0 Å². The van der Waals surface area contributed by atoms with Gasteiger partial charge in [-0.3, -0.25) is 9.36 Å². The summed E-state index contributed by atoms with van der Waals surface area (Å²) in [6, 6.07) is 10.2. The van der Waals surface area contributed by atoms with Crippen molar-refractivity contribution in [1.82, 2.24) is 4.57 Å². The van der Waals surface area contributed by atoms with E-state index in [0.717, 1.165) is 5.56 Å². The average molecular weight is 620 g/mol. The number of thiazole rings is 1. The summed E-state index contributed by atoms with van der Waals surface area (Å²) in [5, 5.41) is 0.500. The minimum absolute atomic E-state index is 0.0877. The van der Waals surface area contributed by atoms with Crippen LogP contribution in [0.1, 0.15) is 51.8 Å². The monoisotopic (exact) mass is 618 g/mol. The van der Waals surface area contributed by atoms with Gasteiger partial charge in [0.15, 0.2) is 4.80 Å². The molecule has 1 aliphatic heterocycles. The van der Waals surface area contributed by atoms with Crippen molar-refractivity contribution in [3.63, 3.8) is 0 Å². The maximum atomic E-state index is 13.9. The Labute approximate surface area is 238 Å². The van der Waals surface area contributed by atoms with Crippen LogP contribution >= 0.6 is 38.9 Å². The number of allylic oxidation sites excluding steroid dienone is 1. The normalized spacial score (nSPS) is 15.4. The van der Waals surface area contributed by atoms with E-state index < -0.39 is 12.0 Å². The predicted octanol–water partition coefficient (Wildman–Crippen LogP) is 5.40. The maximum Gasteiger partial charge on any atom is 0.338 e. The molecule has 0 bridgehead atoms. The zero-order valence-corrected chi connectivity index (χ0v) is 24.9. The van der Waals surface area contributed by atoms with Gasteiger partial charge in [0, 0.05) is 10.6 Å². The molecule has 1 atom stereocenters. The summed E-state index contributed by atoms with van der Waals surface area (Å²) in [4.78, 5) is 32.1. The number of carbonyl (C=O) groups excluding carboxylic acids is 1. The first-order valence-corrected chi connectivity index (χ1v) is 14.2. The molecule has 38 heavy (non-hydrogen) atoms. The third-order valence-corrected chi connectivity index (χ3v) is 7.49. The Kier molecular flexibility index (Phi) is 8.80. The Morgan fingerprint density at radius 1 is 1.21 bits per heavy atom. The number of carbonyl (C=O) groups is 1. The van der Waals surface area contributed by atoms with Crippen molar-refractivity contribution in [2.24, 2.45) is 4.99 Å². The van der Waals surface area contributed by atoms with Crippen LogP contribution in [0.2, 0.25) is 5.02 Å². The van der Waals surface area contributed by atoms with Crippen molar-refractivity contribution in [2.75, 3.05) is 13.2 Å². The van der Waals surface area contributed by atoms with Gasteiger partial charge in [0.05, 0.1) is 45.6 Å². The molecule has 1 aliphatic rings. The lowest BCUT2D eigenvalue weighted by Crippen LogP contribution is -2.39. The van der Waals surface area contributed by atoms with Crippen LogP contribution in [-0.4, -0.2) is 29.9 Å². The van der Waals surface area contributed by atoms with Gasteiger partial charge in [-0.1, -0.05) is 35.1 Å². The molecule has 1 aromatic heterocycles. The van der Waals surface area contributed by atoms with Crippen molar-refractivity contribution < 1.29 is 19.0 Å². The lowest BCUT2D eigenvalue weighted by molar-refractivity contribution is -0.139. The molecule has 0 radical (unpaired) electrons. The number of aromatic nitrogens is 1. The van der Waals surface area contributed by atoms with Crippen molar-refractivity contribution in [2.45, 2.75) is 46.8 Å². The topological polar surface area (TPSA) is 79.1 Å². The predicted molar refractivity (Wildman–Crippen MR) is 153 cm³/mol. The summed E-state index contributed by atoms with van der Waals surface area (Å²) in [7, 11) is 0. The highest BCUT2D eigenvalue weighted by atomic mass is 79.9. The van der Waals surface area contributed by atoms with Crippen molar-refractivity contribution in [3.8, 4) is 11.5 Å². The van der Waals surface area contributed by atoms with Crippen LogP contribution < -0.4 is 24.4 Å². The molecule has 200 valence electrons. The lowest BCUT2D eigenvalue weighted by Gasteiger charge is -2.24. The van der Waals surface area contributed by atoms with Gasteiger partial charge >= 0.3 is 5.97 Å². The molecular formula is C28H28BrClN2O5S. The number of halogens is 2. The van der Waals surface area contributed by atoms with Crippen LogP contribution in [0.5, 0.6) is 11.5 Å². The Hall–Kier alpha value is -2.88. The number of fused-ring (bicyclic) bond motifs is 1. The number of nitrogens with zero attached hydrogens (tertiary/aromatic N) is 2. The first-order chi connectivity index (χ1) is 18.1. The van der Waals surface area contributed by atoms with Gasteiger partial charge in [0.1, 0.15) is 11.5 Å². The minimum atomic E-state index is -0.708. The molecular weight excluding hydrogens is 592 g/mol. The molecule has 0 saturated carbocycles. The Balaban J connectivity index is 1.94. The molecule has 2 aromatic carbocycles. The zero-order valence-electron chi connectivity index (χ0n) is 21.7. The third-order valence-electron chi connectivity index (χ3n) is 5.70. The van der Waals surface area contributed by atoms with Crippen LogP contribution in [0.25, 0.3) is 6.08 Å². The van der Waals surface area contributed by atoms with Gasteiger partial charge in [-0.15, -0.1) is 0 Å². The fourth-order valence-corrected chi connectivity index (χ4v) is 6.17. The summed E-state index contributed by atoms with van der Waals surface area (Å²) < 4.78 is 19.6. The summed E-state index contributed by atoms with van der Waals surface area (Å²) in [5.41, 5.74) is 1.94. The lowest BCUT2D eigenvalue weighted by atomic mass is 9.96. The van der Waals surface area contributed by atoms with Crippen molar-refractivity contribution >= 4 is 50.9 Å². The van der Waals surface area contributed by atoms with E-state index in [1.165, 1.54) is 11.3 Å². The van der Waals surface area contributed by atoms with Crippen molar-refractivity contribution in [3.05, 3.63) is 88.0 Å². The largest absolute Gasteiger partial charge is 0.494 e. The standard InChI is InChI=1S/C28H28BrClN2O5S/c1-6-35-20-10-8-17(9-11-20)24-23(27(34)36-7-2)16(5)31-28-32(24)26(33)22(38-28)13-18-12-19(30)14-21(29)25(18)37-15(3)4/h8-15,24H,6-7H2,1-5H3/b22-13-/t24-/m0/s1. The number of hydrogen-bond acceptors (Lipinski definition) is 7. The van der Waals surface area contributed by atoms with Gasteiger partial charge in [-0.2, -0.15) is 0 Å².